The first kappa shape index (κ1) is 14.4. The second-order valence-electron chi connectivity index (χ2n) is 4.28. The maximum absolute atomic E-state index is 12.5. The van der Waals surface area contributed by atoms with Gasteiger partial charge in [0.15, 0.2) is 5.78 Å². The van der Waals surface area contributed by atoms with Crippen LogP contribution in [0.3, 0.4) is 0 Å². The van der Waals surface area contributed by atoms with E-state index in [-0.39, 0.29) is 12.2 Å². The van der Waals surface area contributed by atoms with Crippen LogP contribution in [0.25, 0.3) is 0 Å². The molecule has 1 heterocycles. The first-order valence-electron chi connectivity index (χ1n) is 6.00. The third-order valence-corrected chi connectivity index (χ3v) is 3.64. The van der Waals surface area contributed by atoms with Crippen molar-refractivity contribution in [2.24, 2.45) is 0 Å². The largest absolute Gasteiger partial charge is 0.481 e. The zero-order valence-corrected chi connectivity index (χ0v) is 12.1. The van der Waals surface area contributed by atoms with Gasteiger partial charge in [-0.25, -0.2) is 0 Å². The minimum absolute atomic E-state index is 0.243. The molecule has 1 unspecified atom stereocenters. The van der Waals surface area contributed by atoms with E-state index in [1.165, 1.54) is 6.20 Å². The van der Waals surface area contributed by atoms with Gasteiger partial charge in [0.2, 0.25) is 0 Å². The first-order chi connectivity index (χ1) is 9.59. The highest BCUT2D eigenvalue weighted by Crippen LogP contribution is 2.30. The lowest BCUT2D eigenvalue weighted by Crippen LogP contribution is -2.17. The zero-order chi connectivity index (χ0) is 14.5. The van der Waals surface area contributed by atoms with Gasteiger partial charge >= 0.3 is 5.97 Å². The number of rotatable bonds is 5. The summed E-state index contributed by atoms with van der Waals surface area (Å²) in [6, 6.07) is 10.4. The standard InChI is InChI=1S/C15H12BrNO3/c16-13-6-2-1-5-11(13)12(8-14(18)19)15(20)10-4-3-7-17-9-10/h1-7,9,12H,8H2,(H,18,19). The van der Waals surface area contributed by atoms with Crippen molar-refractivity contribution in [1.82, 2.24) is 4.98 Å². The number of hydrogen-bond donors (Lipinski definition) is 1. The van der Waals surface area contributed by atoms with Crippen LogP contribution >= 0.6 is 15.9 Å². The van der Waals surface area contributed by atoms with E-state index < -0.39 is 11.9 Å². The Morgan fingerprint density at radius 3 is 2.55 bits per heavy atom. The van der Waals surface area contributed by atoms with Gasteiger partial charge in [-0.3, -0.25) is 14.6 Å². The molecule has 2 aromatic rings. The molecule has 0 aliphatic heterocycles. The predicted octanol–water partition coefficient (Wildman–Crippen LogP) is 3.29. The number of halogens is 1. The third-order valence-electron chi connectivity index (χ3n) is 2.92. The number of hydrogen-bond acceptors (Lipinski definition) is 3. The highest BCUT2D eigenvalue weighted by molar-refractivity contribution is 9.10. The molecular weight excluding hydrogens is 322 g/mol. The third kappa shape index (κ3) is 3.30. The molecule has 0 radical (unpaired) electrons. The van der Waals surface area contributed by atoms with Crippen LogP contribution in [-0.2, 0) is 4.79 Å². The number of aliphatic carboxylic acids is 1. The van der Waals surface area contributed by atoms with Crippen LogP contribution in [0.15, 0.2) is 53.3 Å². The summed E-state index contributed by atoms with van der Waals surface area (Å²) in [5, 5.41) is 9.05. The minimum atomic E-state index is -1.01. The summed E-state index contributed by atoms with van der Waals surface area (Å²) in [5.41, 5.74) is 1.08. The quantitative estimate of drug-likeness (QED) is 0.852. The molecule has 0 bridgehead atoms. The maximum atomic E-state index is 12.5. The molecule has 1 atom stereocenters. The monoisotopic (exact) mass is 333 g/mol. The molecule has 1 aromatic carbocycles. The molecule has 20 heavy (non-hydrogen) atoms. The van der Waals surface area contributed by atoms with E-state index in [9.17, 15) is 9.59 Å². The lowest BCUT2D eigenvalue weighted by Gasteiger charge is -2.15. The molecule has 0 saturated heterocycles. The van der Waals surface area contributed by atoms with Gasteiger partial charge in [-0.15, -0.1) is 0 Å². The number of ketones is 1. The van der Waals surface area contributed by atoms with Gasteiger partial charge in [-0.2, -0.15) is 0 Å². The SMILES string of the molecule is O=C(O)CC(C(=O)c1cccnc1)c1ccccc1Br. The van der Waals surface area contributed by atoms with Crippen molar-refractivity contribution in [2.75, 3.05) is 0 Å². The number of carbonyl (C=O) groups excluding carboxylic acids is 1. The molecule has 2 rings (SSSR count). The van der Waals surface area contributed by atoms with Crippen LogP contribution in [0, 0.1) is 0 Å². The first-order valence-corrected chi connectivity index (χ1v) is 6.79. The van der Waals surface area contributed by atoms with E-state index in [1.54, 1.807) is 36.5 Å². The lowest BCUT2D eigenvalue weighted by atomic mass is 9.88. The van der Waals surface area contributed by atoms with Gasteiger partial charge in [0.05, 0.1) is 12.3 Å². The van der Waals surface area contributed by atoms with E-state index in [4.69, 9.17) is 5.11 Å². The van der Waals surface area contributed by atoms with Crippen molar-refractivity contribution in [2.45, 2.75) is 12.3 Å². The summed E-state index contributed by atoms with van der Waals surface area (Å²) in [4.78, 5) is 27.5. The predicted molar refractivity (Wildman–Crippen MR) is 77.7 cm³/mol. The highest BCUT2D eigenvalue weighted by atomic mass is 79.9. The summed E-state index contributed by atoms with van der Waals surface area (Å²) in [6.07, 6.45) is 2.77. The summed E-state index contributed by atoms with van der Waals surface area (Å²) in [5.74, 6) is -1.98. The fraction of sp³-hybridized carbons (Fsp3) is 0.133. The van der Waals surface area contributed by atoms with Gasteiger partial charge in [0.1, 0.15) is 0 Å². The molecule has 0 spiro atoms. The molecular formula is C15H12BrNO3. The van der Waals surface area contributed by atoms with E-state index in [0.29, 0.717) is 11.1 Å². The molecule has 0 fully saturated rings. The molecule has 0 aliphatic rings. The molecule has 102 valence electrons. The van der Waals surface area contributed by atoms with E-state index in [1.807, 2.05) is 6.07 Å². The number of carboxylic acids is 1. The Balaban J connectivity index is 2.41. The average molecular weight is 334 g/mol. The van der Waals surface area contributed by atoms with Gasteiger partial charge in [-0.1, -0.05) is 34.1 Å². The Kier molecular flexibility index (Phi) is 4.63. The lowest BCUT2D eigenvalue weighted by molar-refractivity contribution is -0.137. The molecule has 0 amide bonds. The molecule has 0 saturated carbocycles. The molecule has 0 aliphatic carbocycles. The summed E-state index contributed by atoms with van der Waals surface area (Å²) >= 11 is 3.37. The Labute approximate surface area is 124 Å². The Morgan fingerprint density at radius 2 is 1.95 bits per heavy atom. The number of aromatic nitrogens is 1. The Morgan fingerprint density at radius 1 is 1.20 bits per heavy atom. The normalized spacial score (nSPS) is 11.8. The molecule has 4 nitrogen and oxygen atoms in total. The van der Waals surface area contributed by atoms with Gasteiger partial charge < -0.3 is 5.11 Å². The fourth-order valence-electron chi connectivity index (χ4n) is 1.99. The molecule has 1 aromatic heterocycles. The summed E-state index contributed by atoms with van der Waals surface area (Å²) in [7, 11) is 0. The number of carboxylic acid groups (broad SMARTS) is 1. The summed E-state index contributed by atoms with van der Waals surface area (Å²) < 4.78 is 0.725. The van der Waals surface area contributed by atoms with Gasteiger partial charge in [-0.05, 0) is 23.8 Å². The van der Waals surface area contributed by atoms with Crippen molar-refractivity contribution in [3.63, 3.8) is 0 Å². The summed E-state index contributed by atoms with van der Waals surface area (Å²) in [6.45, 7) is 0. The molecule has 1 N–H and O–H groups in total. The van der Waals surface area contributed by atoms with Crippen LogP contribution in [0.2, 0.25) is 0 Å². The van der Waals surface area contributed by atoms with Crippen molar-refractivity contribution < 1.29 is 14.7 Å². The van der Waals surface area contributed by atoms with Gasteiger partial charge in [0, 0.05) is 22.4 Å². The van der Waals surface area contributed by atoms with E-state index >= 15 is 0 Å². The Hall–Kier alpha value is -2.01. The highest BCUT2D eigenvalue weighted by Gasteiger charge is 2.26. The number of nitrogens with zero attached hydrogens (tertiary/aromatic N) is 1. The van der Waals surface area contributed by atoms with Crippen LogP contribution in [-0.4, -0.2) is 21.8 Å². The number of carbonyl (C=O) groups is 2. The topological polar surface area (TPSA) is 67.3 Å². The maximum Gasteiger partial charge on any atom is 0.304 e. The van der Waals surface area contributed by atoms with Crippen molar-refractivity contribution in [3.05, 3.63) is 64.4 Å². The van der Waals surface area contributed by atoms with Crippen LogP contribution in [0.1, 0.15) is 28.3 Å². The number of Topliss-reactive ketones (excluding diaryl/α,β-unsaturated/α-hetero) is 1. The van der Waals surface area contributed by atoms with E-state index in [2.05, 4.69) is 20.9 Å². The smallest absolute Gasteiger partial charge is 0.304 e. The van der Waals surface area contributed by atoms with Gasteiger partial charge in [0.25, 0.3) is 0 Å². The van der Waals surface area contributed by atoms with Crippen molar-refractivity contribution in [3.8, 4) is 0 Å². The van der Waals surface area contributed by atoms with E-state index in [0.717, 1.165) is 4.47 Å². The van der Waals surface area contributed by atoms with Crippen LogP contribution in [0.4, 0.5) is 0 Å². The second kappa shape index (κ2) is 6.43. The van der Waals surface area contributed by atoms with Crippen LogP contribution in [0.5, 0.6) is 0 Å². The Bertz CT molecular complexity index is 628. The minimum Gasteiger partial charge on any atom is -0.481 e. The van der Waals surface area contributed by atoms with Crippen molar-refractivity contribution >= 4 is 27.7 Å². The van der Waals surface area contributed by atoms with Crippen LogP contribution < -0.4 is 0 Å². The average Bonchev–Trinajstić information content (AvgIpc) is 2.46. The fourth-order valence-corrected chi connectivity index (χ4v) is 2.55. The number of pyridine rings is 1. The van der Waals surface area contributed by atoms with Crippen molar-refractivity contribution in [1.29, 1.82) is 0 Å². The number of benzene rings is 1. The second-order valence-corrected chi connectivity index (χ2v) is 5.13. The molecule has 5 heteroatoms. The zero-order valence-electron chi connectivity index (χ0n) is 10.5.